The Bertz CT molecular complexity index is 923. The zero-order valence-corrected chi connectivity index (χ0v) is 14.3. The van der Waals surface area contributed by atoms with Crippen molar-refractivity contribution in [1.29, 1.82) is 5.26 Å². The summed E-state index contributed by atoms with van der Waals surface area (Å²) in [4.78, 5) is 12.0. The predicted octanol–water partition coefficient (Wildman–Crippen LogP) is 1.89. The summed E-state index contributed by atoms with van der Waals surface area (Å²) >= 11 is 0. The van der Waals surface area contributed by atoms with Crippen LogP contribution in [0.1, 0.15) is 15.9 Å². The highest BCUT2D eigenvalue weighted by molar-refractivity contribution is 7.92. The SMILES string of the molecule is CS(=O)(=O)N(CCNC(=O)c1cccc(F)c1)c1cccc(C#N)c1. The van der Waals surface area contributed by atoms with E-state index in [-0.39, 0.29) is 18.7 Å². The molecule has 1 amide bonds. The minimum absolute atomic E-state index is 0.0191. The van der Waals surface area contributed by atoms with Crippen molar-refractivity contribution in [2.75, 3.05) is 23.7 Å². The number of amides is 1. The molecule has 25 heavy (non-hydrogen) atoms. The molecule has 2 aromatic carbocycles. The molecular weight excluding hydrogens is 345 g/mol. The number of nitrogens with one attached hydrogen (secondary N) is 1. The molecule has 0 aliphatic carbocycles. The van der Waals surface area contributed by atoms with Gasteiger partial charge >= 0.3 is 0 Å². The van der Waals surface area contributed by atoms with Gasteiger partial charge in [0.15, 0.2) is 0 Å². The van der Waals surface area contributed by atoms with Crippen LogP contribution in [-0.2, 0) is 10.0 Å². The monoisotopic (exact) mass is 361 g/mol. The van der Waals surface area contributed by atoms with Gasteiger partial charge in [-0.3, -0.25) is 9.10 Å². The van der Waals surface area contributed by atoms with Gasteiger partial charge in [-0.05, 0) is 36.4 Å². The van der Waals surface area contributed by atoms with Gasteiger partial charge in [0, 0.05) is 12.1 Å². The quantitative estimate of drug-likeness (QED) is 0.851. The summed E-state index contributed by atoms with van der Waals surface area (Å²) in [6.45, 7) is 0.00791. The van der Waals surface area contributed by atoms with E-state index in [1.165, 1.54) is 24.3 Å². The number of halogens is 1. The highest BCUT2D eigenvalue weighted by Gasteiger charge is 2.18. The van der Waals surface area contributed by atoms with Crippen molar-refractivity contribution < 1.29 is 17.6 Å². The number of rotatable bonds is 6. The number of anilines is 1. The lowest BCUT2D eigenvalue weighted by Crippen LogP contribution is -2.38. The molecule has 6 nitrogen and oxygen atoms in total. The van der Waals surface area contributed by atoms with E-state index >= 15 is 0 Å². The van der Waals surface area contributed by atoms with Crippen molar-refractivity contribution in [3.63, 3.8) is 0 Å². The first-order valence-electron chi connectivity index (χ1n) is 7.33. The van der Waals surface area contributed by atoms with E-state index in [0.717, 1.165) is 16.6 Å². The van der Waals surface area contributed by atoms with Crippen molar-refractivity contribution in [2.24, 2.45) is 0 Å². The van der Waals surface area contributed by atoms with E-state index in [1.54, 1.807) is 18.2 Å². The highest BCUT2D eigenvalue weighted by Crippen LogP contribution is 2.18. The first-order chi connectivity index (χ1) is 11.8. The summed E-state index contributed by atoms with van der Waals surface area (Å²) in [6.07, 6.45) is 1.04. The average molecular weight is 361 g/mol. The van der Waals surface area contributed by atoms with Gasteiger partial charge in [0.1, 0.15) is 5.82 Å². The van der Waals surface area contributed by atoms with E-state index in [0.29, 0.717) is 11.3 Å². The van der Waals surface area contributed by atoms with E-state index < -0.39 is 21.7 Å². The second-order valence-corrected chi connectivity index (χ2v) is 7.17. The second kappa shape index (κ2) is 7.77. The molecule has 0 bridgehead atoms. The molecule has 0 heterocycles. The molecule has 0 aliphatic heterocycles. The summed E-state index contributed by atoms with van der Waals surface area (Å²) in [5.41, 5.74) is 0.814. The predicted molar refractivity (Wildman–Crippen MR) is 92.1 cm³/mol. The first-order valence-corrected chi connectivity index (χ1v) is 9.18. The van der Waals surface area contributed by atoms with Crippen molar-refractivity contribution in [2.45, 2.75) is 0 Å². The fourth-order valence-electron chi connectivity index (χ4n) is 2.22. The third-order valence-electron chi connectivity index (χ3n) is 3.35. The number of benzene rings is 2. The van der Waals surface area contributed by atoms with E-state index in [1.807, 2.05) is 6.07 Å². The zero-order valence-electron chi connectivity index (χ0n) is 13.4. The maximum atomic E-state index is 13.1. The lowest BCUT2D eigenvalue weighted by Gasteiger charge is -2.22. The molecular formula is C17H16FN3O3S. The van der Waals surface area contributed by atoms with Crippen LogP contribution in [0.25, 0.3) is 0 Å². The van der Waals surface area contributed by atoms with Crippen LogP contribution in [0.5, 0.6) is 0 Å². The van der Waals surface area contributed by atoms with Crippen LogP contribution in [0.4, 0.5) is 10.1 Å². The Hall–Kier alpha value is -2.92. The summed E-state index contributed by atoms with van der Waals surface area (Å²) in [7, 11) is -3.60. The minimum Gasteiger partial charge on any atom is -0.350 e. The fraction of sp³-hybridized carbons (Fsp3) is 0.176. The van der Waals surface area contributed by atoms with Gasteiger partial charge in [0.25, 0.3) is 5.91 Å². The summed E-state index contributed by atoms with van der Waals surface area (Å²) in [6, 6.07) is 13.3. The van der Waals surface area contributed by atoms with E-state index in [2.05, 4.69) is 5.32 Å². The summed E-state index contributed by atoms with van der Waals surface area (Å²) in [5, 5.41) is 11.5. The maximum absolute atomic E-state index is 13.1. The molecule has 1 N–H and O–H groups in total. The molecule has 130 valence electrons. The van der Waals surface area contributed by atoms with Gasteiger partial charge in [-0.15, -0.1) is 0 Å². The topological polar surface area (TPSA) is 90.3 Å². The standard InChI is InChI=1S/C17H16FN3O3S/c1-25(23,24)21(16-7-2-4-13(10-16)12-19)9-8-20-17(22)14-5-3-6-15(18)11-14/h2-7,10-11H,8-9H2,1H3,(H,20,22). The maximum Gasteiger partial charge on any atom is 0.251 e. The fourth-order valence-corrected chi connectivity index (χ4v) is 3.14. The molecule has 0 saturated heterocycles. The molecule has 0 radical (unpaired) electrons. The molecule has 2 aromatic rings. The van der Waals surface area contributed by atoms with Crippen molar-refractivity contribution in [3.8, 4) is 6.07 Å². The average Bonchev–Trinajstić information content (AvgIpc) is 2.57. The van der Waals surface area contributed by atoms with Crippen LogP contribution in [0, 0.1) is 17.1 Å². The summed E-state index contributed by atoms with van der Waals surface area (Å²) < 4.78 is 38.2. The second-order valence-electron chi connectivity index (χ2n) is 5.26. The zero-order chi connectivity index (χ0) is 18.4. The van der Waals surface area contributed by atoms with E-state index in [9.17, 15) is 17.6 Å². The lowest BCUT2D eigenvalue weighted by molar-refractivity contribution is 0.0954. The number of sulfonamides is 1. The molecule has 8 heteroatoms. The van der Waals surface area contributed by atoms with E-state index in [4.69, 9.17) is 5.26 Å². The van der Waals surface area contributed by atoms with Crippen LogP contribution in [0.2, 0.25) is 0 Å². The van der Waals surface area contributed by atoms with Gasteiger partial charge in [-0.1, -0.05) is 12.1 Å². The molecule has 0 spiro atoms. The Labute approximate surface area is 145 Å². The van der Waals surface area contributed by atoms with Gasteiger partial charge in [0.05, 0.1) is 30.1 Å². The van der Waals surface area contributed by atoms with Crippen LogP contribution in [-0.4, -0.2) is 33.7 Å². The first kappa shape index (κ1) is 18.4. The number of nitrogens with zero attached hydrogens (tertiary/aromatic N) is 2. The minimum atomic E-state index is -3.60. The molecule has 0 saturated carbocycles. The number of carbonyl (C=O) groups excluding carboxylic acids is 1. The van der Waals surface area contributed by atoms with Crippen LogP contribution in [0.15, 0.2) is 48.5 Å². The van der Waals surface area contributed by atoms with Gasteiger partial charge < -0.3 is 5.32 Å². The Morgan fingerprint density at radius 3 is 2.60 bits per heavy atom. The van der Waals surface area contributed by atoms with Crippen LogP contribution >= 0.6 is 0 Å². The normalized spacial score (nSPS) is 10.8. The molecule has 0 aromatic heterocycles. The highest BCUT2D eigenvalue weighted by atomic mass is 32.2. The van der Waals surface area contributed by atoms with Gasteiger partial charge in [-0.2, -0.15) is 5.26 Å². The van der Waals surface area contributed by atoms with Gasteiger partial charge in [0.2, 0.25) is 10.0 Å². The summed E-state index contributed by atoms with van der Waals surface area (Å²) in [5.74, 6) is -1.03. The number of nitriles is 1. The molecule has 0 aliphatic rings. The number of hydrogen-bond acceptors (Lipinski definition) is 4. The number of hydrogen-bond donors (Lipinski definition) is 1. The van der Waals surface area contributed by atoms with Crippen molar-refractivity contribution in [1.82, 2.24) is 5.32 Å². The Morgan fingerprint density at radius 2 is 1.96 bits per heavy atom. The van der Waals surface area contributed by atoms with Crippen molar-refractivity contribution >= 4 is 21.6 Å². The van der Waals surface area contributed by atoms with Crippen LogP contribution < -0.4 is 9.62 Å². The van der Waals surface area contributed by atoms with Crippen LogP contribution in [0.3, 0.4) is 0 Å². The lowest BCUT2D eigenvalue weighted by atomic mass is 10.2. The third-order valence-corrected chi connectivity index (χ3v) is 4.54. The molecule has 0 unspecified atom stereocenters. The number of carbonyl (C=O) groups is 1. The molecule has 0 fully saturated rings. The van der Waals surface area contributed by atoms with Gasteiger partial charge in [-0.25, -0.2) is 12.8 Å². The molecule has 2 rings (SSSR count). The molecule has 0 atom stereocenters. The largest absolute Gasteiger partial charge is 0.350 e. The smallest absolute Gasteiger partial charge is 0.251 e. The Morgan fingerprint density at radius 1 is 1.24 bits per heavy atom. The third kappa shape index (κ3) is 5.02. The Balaban J connectivity index is 2.09. The van der Waals surface area contributed by atoms with Crippen molar-refractivity contribution in [3.05, 3.63) is 65.5 Å². The Kier molecular flexibility index (Phi) is 5.72.